The Morgan fingerprint density at radius 2 is 1.81 bits per heavy atom. The van der Waals surface area contributed by atoms with Gasteiger partial charge in [0.1, 0.15) is 11.6 Å². The molecule has 1 atom stereocenters. The minimum Gasteiger partial charge on any atom is -0.345 e. The standard InChI is InChI=1S/C21H18N4O/c1-16(18-8-4-2-5-9-18)24-21(26)19(13-22)12-17-14-23-25(15-17)20-10-6-3-7-11-20/h2-12,14-16H,1H3,(H,24,26)/b19-12+/t16-/m0/s1. The molecule has 3 rings (SSSR count). The van der Waals surface area contributed by atoms with E-state index in [9.17, 15) is 10.1 Å². The summed E-state index contributed by atoms with van der Waals surface area (Å²) in [6.45, 7) is 1.88. The highest BCUT2D eigenvalue weighted by atomic mass is 16.1. The Morgan fingerprint density at radius 3 is 2.46 bits per heavy atom. The van der Waals surface area contributed by atoms with E-state index in [1.54, 1.807) is 23.2 Å². The third-order valence-corrected chi connectivity index (χ3v) is 3.95. The predicted octanol–water partition coefficient (Wildman–Crippen LogP) is 3.66. The first-order valence-electron chi connectivity index (χ1n) is 8.25. The Morgan fingerprint density at radius 1 is 1.15 bits per heavy atom. The number of hydrogen-bond donors (Lipinski definition) is 1. The lowest BCUT2D eigenvalue weighted by Gasteiger charge is -2.13. The maximum absolute atomic E-state index is 12.4. The first-order valence-corrected chi connectivity index (χ1v) is 8.25. The van der Waals surface area contributed by atoms with Crippen molar-refractivity contribution in [2.45, 2.75) is 13.0 Å². The molecule has 0 radical (unpaired) electrons. The minimum atomic E-state index is -0.406. The highest BCUT2D eigenvalue weighted by Gasteiger charge is 2.14. The molecule has 0 saturated carbocycles. The second-order valence-corrected chi connectivity index (χ2v) is 5.83. The molecule has 5 nitrogen and oxygen atoms in total. The Kier molecular flexibility index (Phi) is 5.25. The topological polar surface area (TPSA) is 70.7 Å². The maximum Gasteiger partial charge on any atom is 0.262 e. The second kappa shape index (κ2) is 7.95. The zero-order chi connectivity index (χ0) is 18.4. The fourth-order valence-electron chi connectivity index (χ4n) is 2.55. The zero-order valence-electron chi connectivity index (χ0n) is 14.3. The molecule has 0 aliphatic heterocycles. The van der Waals surface area contributed by atoms with Crippen LogP contribution in [0.3, 0.4) is 0 Å². The van der Waals surface area contributed by atoms with Gasteiger partial charge in [0, 0.05) is 11.8 Å². The summed E-state index contributed by atoms with van der Waals surface area (Å²) in [5.74, 6) is -0.406. The van der Waals surface area contributed by atoms with Crippen LogP contribution in [0.1, 0.15) is 24.1 Å². The van der Waals surface area contributed by atoms with E-state index in [1.165, 1.54) is 0 Å². The number of para-hydroxylation sites is 1. The van der Waals surface area contributed by atoms with Gasteiger partial charge in [-0.1, -0.05) is 48.5 Å². The van der Waals surface area contributed by atoms with Gasteiger partial charge in [0.05, 0.1) is 17.9 Å². The van der Waals surface area contributed by atoms with E-state index in [2.05, 4.69) is 10.4 Å². The van der Waals surface area contributed by atoms with Crippen LogP contribution < -0.4 is 5.32 Å². The van der Waals surface area contributed by atoms with Gasteiger partial charge in [0.25, 0.3) is 5.91 Å². The van der Waals surface area contributed by atoms with Crippen LogP contribution in [0.15, 0.2) is 78.6 Å². The molecule has 0 fully saturated rings. The maximum atomic E-state index is 12.4. The van der Waals surface area contributed by atoms with Crippen molar-refractivity contribution < 1.29 is 4.79 Å². The summed E-state index contributed by atoms with van der Waals surface area (Å²) in [4.78, 5) is 12.4. The van der Waals surface area contributed by atoms with Crippen molar-refractivity contribution in [3.8, 4) is 11.8 Å². The van der Waals surface area contributed by atoms with Crippen LogP contribution in [0.4, 0.5) is 0 Å². The van der Waals surface area contributed by atoms with Gasteiger partial charge in [-0.2, -0.15) is 10.4 Å². The number of nitrogens with one attached hydrogen (secondary N) is 1. The molecule has 0 aliphatic carbocycles. The lowest BCUT2D eigenvalue weighted by Crippen LogP contribution is -2.27. The van der Waals surface area contributed by atoms with Gasteiger partial charge < -0.3 is 5.32 Å². The van der Waals surface area contributed by atoms with Crippen LogP contribution in [-0.4, -0.2) is 15.7 Å². The van der Waals surface area contributed by atoms with Gasteiger partial charge in [0.15, 0.2) is 0 Å². The monoisotopic (exact) mass is 342 g/mol. The van der Waals surface area contributed by atoms with Gasteiger partial charge in [-0.25, -0.2) is 4.68 Å². The van der Waals surface area contributed by atoms with E-state index in [4.69, 9.17) is 0 Å². The fourth-order valence-corrected chi connectivity index (χ4v) is 2.55. The fraction of sp³-hybridized carbons (Fsp3) is 0.0952. The number of hydrogen-bond acceptors (Lipinski definition) is 3. The van der Waals surface area contributed by atoms with E-state index >= 15 is 0 Å². The molecule has 1 N–H and O–H groups in total. The number of carbonyl (C=O) groups excluding carboxylic acids is 1. The number of rotatable bonds is 5. The highest BCUT2D eigenvalue weighted by molar-refractivity contribution is 6.01. The smallest absolute Gasteiger partial charge is 0.262 e. The molecular formula is C21H18N4O. The van der Waals surface area contributed by atoms with Gasteiger partial charge in [0.2, 0.25) is 0 Å². The van der Waals surface area contributed by atoms with E-state index in [-0.39, 0.29) is 11.6 Å². The largest absolute Gasteiger partial charge is 0.345 e. The third kappa shape index (κ3) is 4.05. The van der Waals surface area contributed by atoms with Gasteiger partial charge in [-0.3, -0.25) is 4.79 Å². The van der Waals surface area contributed by atoms with Gasteiger partial charge >= 0.3 is 0 Å². The zero-order valence-corrected chi connectivity index (χ0v) is 14.3. The third-order valence-electron chi connectivity index (χ3n) is 3.95. The Labute approximate surface area is 152 Å². The molecule has 0 aliphatic rings. The summed E-state index contributed by atoms with van der Waals surface area (Å²) in [5.41, 5.74) is 2.62. The number of aromatic nitrogens is 2. The summed E-state index contributed by atoms with van der Waals surface area (Å²) in [7, 11) is 0. The molecule has 26 heavy (non-hydrogen) atoms. The van der Waals surface area contributed by atoms with Crippen molar-refractivity contribution in [1.29, 1.82) is 5.26 Å². The van der Waals surface area contributed by atoms with E-state index in [0.29, 0.717) is 5.56 Å². The van der Waals surface area contributed by atoms with Crippen molar-refractivity contribution in [2.24, 2.45) is 0 Å². The summed E-state index contributed by atoms with van der Waals surface area (Å²) in [6.07, 6.45) is 4.94. The molecule has 1 amide bonds. The molecule has 1 aromatic heterocycles. The Balaban J connectivity index is 1.75. The van der Waals surface area contributed by atoms with Gasteiger partial charge in [-0.15, -0.1) is 0 Å². The van der Waals surface area contributed by atoms with Crippen molar-refractivity contribution in [3.63, 3.8) is 0 Å². The lowest BCUT2D eigenvalue weighted by molar-refractivity contribution is -0.117. The van der Waals surface area contributed by atoms with Crippen LogP contribution in [0.5, 0.6) is 0 Å². The number of nitriles is 1. The predicted molar refractivity (Wildman–Crippen MR) is 100 cm³/mol. The highest BCUT2D eigenvalue weighted by Crippen LogP contribution is 2.14. The number of amides is 1. The van der Waals surface area contributed by atoms with Crippen molar-refractivity contribution in [3.05, 3.63) is 89.8 Å². The van der Waals surface area contributed by atoms with Crippen molar-refractivity contribution in [1.82, 2.24) is 15.1 Å². The van der Waals surface area contributed by atoms with Crippen molar-refractivity contribution in [2.75, 3.05) is 0 Å². The molecule has 2 aromatic carbocycles. The van der Waals surface area contributed by atoms with Crippen LogP contribution in [0.25, 0.3) is 11.8 Å². The molecular weight excluding hydrogens is 324 g/mol. The molecule has 5 heteroatoms. The molecule has 1 heterocycles. The van der Waals surface area contributed by atoms with Crippen LogP contribution in [0.2, 0.25) is 0 Å². The van der Waals surface area contributed by atoms with Crippen LogP contribution in [-0.2, 0) is 4.79 Å². The van der Waals surface area contributed by atoms with Crippen LogP contribution in [0, 0.1) is 11.3 Å². The summed E-state index contributed by atoms with van der Waals surface area (Å²) in [6, 6.07) is 21.0. The van der Waals surface area contributed by atoms with Gasteiger partial charge in [-0.05, 0) is 30.7 Å². The molecule has 0 saturated heterocycles. The molecule has 128 valence electrons. The number of benzene rings is 2. The van der Waals surface area contributed by atoms with Crippen molar-refractivity contribution >= 4 is 12.0 Å². The first kappa shape index (κ1) is 17.2. The van der Waals surface area contributed by atoms with E-state index in [1.807, 2.05) is 73.7 Å². The summed E-state index contributed by atoms with van der Waals surface area (Å²) >= 11 is 0. The first-order chi connectivity index (χ1) is 12.7. The normalized spacial score (nSPS) is 12.2. The second-order valence-electron chi connectivity index (χ2n) is 5.83. The molecule has 3 aromatic rings. The quantitative estimate of drug-likeness (QED) is 0.568. The average Bonchev–Trinajstić information content (AvgIpc) is 3.16. The lowest BCUT2D eigenvalue weighted by atomic mass is 10.1. The van der Waals surface area contributed by atoms with E-state index < -0.39 is 5.91 Å². The molecule has 0 unspecified atom stereocenters. The molecule has 0 spiro atoms. The average molecular weight is 342 g/mol. The minimum absolute atomic E-state index is 0.0420. The Bertz CT molecular complexity index is 952. The molecule has 0 bridgehead atoms. The number of carbonyl (C=O) groups is 1. The SMILES string of the molecule is C[C@H](NC(=O)/C(C#N)=C/c1cnn(-c2ccccc2)c1)c1ccccc1. The summed E-state index contributed by atoms with van der Waals surface area (Å²) in [5, 5.41) is 16.5. The summed E-state index contributed by atoms with van der Waals surface area (Å²) < 4.78 is 1.70. The Hall–Kier alpha value is -3.65. The number of nitrogens with zero attached hydrogens (tertiary/aromatic N) is 3. The van der Waals surface area contributed by atoms with Crippen LogP contribution >= 0.6 is 0 Å². The van der Waals surface area contributed by atoms with E-state index in [0.717, 1.165) is 11.3 Å².